The number of aliphatic carboxylic acids is 1. The van der Waals surface area contributed by atoms with Crippen LogP contribution in [0.5, 0.6) is 0 Å². The lowest BCUT2D eigenvalue weighted by atomic mass is 9.69. The summed E-state index contributed by atoms with van der Waals surface area (Å²) in [4.78, 5) is 23.3. The Morgan fingerprint density at radius 1 is 1.37 bits per heavy atom. The molecule has 1 unspecified atom stereocenters. The Labute approximate surface area is 177 Å². The summed E-state index contributed by atoms with van der Waals surface area (Å²) in [5.74, 6) is -2.80. The fourth-order valence-electron chi connectivity index (χ4n) is 3.79. The van der Waals surface area contributed by atoms with Gasteiger partial charge in [0.1, 0.15) is 6.61 Å². The molecule has 1 atom stereocenters. The van der Waals surface area contributed by atoms with Gasteiger partial charge in [0, 0.05) is 20.3 Å². The summed E-state index contributed by atoms with van der Waals surface area (Å²) in [5, 5.41) is 14.6. The summed E-state index contributed by atoms with van der Waals surface area (Å²) < 4.78 is 42.3. The number of hydrogen-bond donors (Lipinski definition) is 2. The van der Waals surface area contributed by atoms with Gasteiger partial charge in [-0.15, -0.1) is 0 Å². The molecule has 2 N–H and O–H groups in total. The summed E-state index contributed by atoms with van der Waals surface area (Å²) in [6.07, 6.45) is -1.80. The molecule has 30 heavy (non-hydrogen) atoms. The first-order valence-electron chi connectivity index (χ1n) is 9.56. The van der Waals surface area contributed by atoms with Crippen LogP contribution < -0.4 is 5.32 Å². The molecule has 170 valence electrons. The van der Waals surface area contributed by atoms with Gasteiger partial charge in [0.05, 0.1) is 12.6 Å². The second kappa shape index (κ2) is 11.1. The number of likely N-dealkylation sites (tertiary alicyclic amines) is 1. The Balaban J connectivity index is 0.000000396. The number of amides is 1. The lowest BCUT2D eigenvalue weighted by Gasteiger charge is -2.49. The smallest absolute Gasteiger partial charge is 0.475 e. The average molecular weight is 452 g/mol. The fraction of sp³-hybridized carbons (Fsp3) is 0.684. The molecule has 3 rings (SSSR count). The van der Waals surface area contributed by atoms with Gasteiger partial charge in [-0.3, -0.25) is 9.69 Å². The molecular weight excluding hydrogens is 425 g/mol. The van der Waals surface area contributed by atoms with Crippen molar-refractivity contribution in [3.05, 3.63) is 22.4 Å². The van der Waals surface area contributed by atoms with Crippen molar-refractivity contribution in [1.82, 2.24) is 10.2 Å². The number of piperidine rings is 1. The standard InChI is InChI=1S/C17H26N2O3S.C2HF3O2/c1-21-12-16(20)18-15-11-22-8-5-17(15)3-6-19(7-4-17)10-14-2-9-23-13-14;3-2(4,5)1(6)7/h2,9,13,15H,3-8,10-12H2,1H3,(H,18,20);(H,6,7). The first kappa shape index (κ1) is 24.6. The molecule has 1 aromatic heterocycles. The fourth-order valence-corrected chi connectivity index (χ4v) is 4.45. The molecule has 2 saturated heterocycles. The zero-order chi connectivity index (χ0) is 22.2. The van der Waals surface area contributed by atoms with Crippen molar-refractivity contribution in [3.8, 4) is 0 Å². The van der Waals surface area contributed by atoms with E-state index in [9.17, 15) is 18.0 Å². The maximum atomic E-state index is 11.9. The molecule has 2 aliphatic rings. The summed E-state index contributed by atoms with van der Waals surface area (Å²) >= 11 is 1.76. The highest BCUT2D eigenvalue weighted by molar-refractivity contribution is 7.07. The Kier molecular flexibility index (Phi) is 9.08. The Bertz CT molecular complexity index is 676. The number of carbonyl (C=O) groups is 2. The van der Waals surface area contributed by atoms with E-state index in [0.717, 1.165) is 45.5 Å². The average Bonchev–Trinajstić information content (AvgIpc) is 3.19. The largest absolute Gasteiger partial charge is 0.490 e. The first-order valence-corrected chi connectivity index (χ1v) is 10.5. The highest BCUT2D eigenvalue weighted by atomic mass is 32.1. The van der Waals surface area contributed by atoms with Crippen LogP contribution in [0.3, 0.4) is 0 Å². The molecule has 0 bridgehead atoms. The van der Waals surface area contributed by atoms with Gasteiger partial charge < -0.3 is 19.9 Å². The molecule has 2 aliphatic heterocycles. The third-order valence-electron chi connectivity index (χ3n) is 5.46. The third kappa shape index (κ3) is 7.22. The lowest BCUT2D eigenvalue weighted by molar-refractivity contribution is -0.192. The molecule has 1 spiro atoms. The van der Waals surface area contributed by atoms with E-state index in [1.165, 1.54) is 5.56 Å². The highest BCUT2D eigenvalue weighted by Gasteiger charge is 2.44. The SMILES string of the molecule is COCC(=O)NC1COCCC12CCN(Cc1ccsc1)CC2.O=C(O)C(F)(F)F. The van der Waals surface area contributed by atoms with Gasteiger partial charge in [-0.1, -0.05) is 0 Å². The number of carboxylic acids is 1. The summed E-state index contributed by atoms with van der Waals surface area (Å²) in [6.45, 7) is 4.77. The van der Waals surface area contributed by atoms with Crippen LogP contribution in [0.15, 0.2) is 16.8 Å². The van der Waals surface area contributed by atoms with Crippen LogP contribution in [0.2, 0.25) is 0 Å². The van der Waals surface area contributed by atoms with Crippen molar-refractivity contribution in [1.29, 1.82) is 0 Å². The molecule has 1 amide bonds. The van der Waals surface area contributed by atoms with Crippen LogP contribution in [0.25, 0.3) is 0 Å². The van der Waals surface area contributed by atoms with Crippen molar-refractivity contribution in [3.63, 3.8) is 0 Å². The number of carboxylic acid groups (broad SMARTS) is 1. The maximum Gasteiger partial charge on any atom is 0.490 e. The van der Waals surface area contributed by atoms with Gasteiger partial charge >= 0.3 is 12.1 Å². The predicted molar refractivity (Wildman–Crippen MR) is 104 cm³/mol. The molecular formula is C19H27F3N2O5S. The van der Waals surface area contributed by atoms with Crippen LogP contribution in [-0.4, -0.2) is 74.1 Å². The number of nitrogens with zero attached hydrogens (tertiary/aromatic N) is 1. The van der Waals surface area contributed by atoms with Crippen molar-refractivity contribution in [2.75, 3.05) is 40.0 Å². The summed E-state index contributed by atoms with van der Waals surface area (Å²) in [6, 6.07) is 2.32. The quantitative estimate of drug-likeness (QED) is 0.714. The van der Waals surface area contributed by atoms with Gasteiger partial charge in [0.25, 0.3) is 0 Å². The van der Waals surface area contributed by atoms with Crippen LogP contribution in [-0.2, 0) is 25.6 Å². The van der Waals surface area contributed by atoms with E-state index in [0.29, 0.717) is 6.61 Å². The van der Waals surface area contributed by atoms with Crippen molar-refractivity contribution in [2.45, 2.75) is 38.0 Å². The van der Waals surface area contributed by atoms with Crippen LogP contribution in [0, 0.1) is 5.41 Å². The van der Waals surface area contributed by atoms with Crippen LogP contribution in [0.1, 0.15) is 24.8 Å². The Morgan fingerprint density at radius 3 is 2.57 bits per heavy atom. The van der Waals surface area contributed by atoms with Crippen LogP contribution >= 0.6 is 11.3 Å². The van der Waals surface area contributed by atoms with E-state index in [4.69, 9.17) is 19.4 Å². The van der Waals surface area contributed by atoms with Gasteiger partial charge in [0.2, 0.25) is 5.91 Å². The summed E-state index contributed by atoms with van der Waals surface area (Å²) in [7, 11) is 1.55. The summed E-state index contributed by atoms with van der Waals surface area (Å²) in [5.41, 5.74) is 1.59. The zero-order valence-electron chi connectivity index (χ0n) is 16.7. The van der Waals surface area contributed by atoms with E-state index in [-0.39, 0.29) is 24.0 Å². The number of hydrogen-bond acceptors (Lipinski definition) is 6. The van der Waals surface area contributed by atoms with Crippen molar-refractivity contribution >= 4 is 23.2 Å². The van der Waals surface area contributed by atoms with Crippen LogP contribution in [0.4, 0.5) is 13.2 Å². The third-order valence-corrected chi connectivity index (χ3v) is 6.19. The number of halogens is 3. The van der Waals surface area contributed by atoms with Gasteiger partial charge in [-0.05, 0) is 60.2 Å². The van der Waals surface area contributed by atoms with Crippen molar-refractivity contribution < 1.29 is 37.3 Å². The number of nitrogens with one attached hydrogen (secondary N) is 1. The van der Waals surface area contributed by atoms with E-state index < -0.39 is 12.1 Å². The van der Waals surface area contributed by atoms with E-state index in [1.807, 2.05) is 0 Å². The van der Waals surface area contributed by atoms with Gasteiger partial charge in [0.15, 0.2) is 0 Å². The van der Waals surface area contributed by atoms with E-state index in [1.54, 1.807) is 18.4 Å². The molecule has 0 aliphatic carbocycles. The number of carbonyl (C=O) groups excluding carboxylic acids is 1. The molecule has 0 radical (unpaired) electrons. The minimum atomic E-state index is -5.08. The van der Waals surface area contributed by atoms with E-state index in [2.05, 4.69) is 27.0 Å². The van der Waals surface area contributed by atoms with Gasteiger partial charge in [-0.25, -0.2) is 4.79 Å². The molecule has 3 heterocycles. The minimum absolute atomic E-state index is 0.0388. The lowest BCUT2D eigenvalue weighted by Crippen LogP contribution is -2.57. The number of thiophene rings is 1. The van der Waals surface area contributed by atoms with Crippen molar-refractivity contribution in [2.24, 2.45) is 5.41 Å². The zero-order valence-corrected chi connectivity index (χ0v) is 17.6. The molecule has 1 aromatic rings. The minimum Gasteiger partial charge on any atom is -0.475 e. The Morgan fingerprint density at radius 2 is 2.03 bits per heavy atom. The molecule has 0 saturated carbocycles. The molecule has 11 heteroatoms. The Hall–Kier alpha value is -1.69. The topological polar surface area (TPSA) is 88.1 Å². The number of alkyl halides is 3. The van der Waals surface area contributed by atoms with E-state index >= 15 is 0 Å². The maximum absolute atomic E-state index is 11.9. The van der Waals surface area contributed by atoms with Gasteiger partial charge in [-0.2, -0.15) is 24.5 Å². The number of methoxy groups -OCH3 is 1. The number of ether oxygens (including phenoxy) is 2. The second-order valence-electron chi connectivity index (χ2n) is 7.45. The molecule has 7 nitrogen and oxygen atoms in total. The molecule has 2 fully saturated rings. The highest BCUT2D eigenvalue weighted by Crippen LogP contribution is 2.41. The normalized spacial score (nSPS) is 21.5. The monoisotopic (exact) mass is 452 g/mol. The molecule has 0 aromatic carbocycles. The number of rotatable bonds is 5. The predicted octanol–water partition coefficient (Wildman–Crippen LogP) is 2.52. The first-order chi connectivity index (χ1) is 14.2. The second-order valence-corrected chi connectivity index (χ2v) is 8.23.